The molecule has 1 aliphatic carbocycles. The van der Waals surface area contributed by atoms with E-state index < -0.39 is 43.1 Å². The zero-order chi connectivity index (χ0) is 22.6. The first-order chi connectivity index (χ1) is 14.7. The standard InChI is InChI=1S/C21H20F2N2O6/c22-21(23,19(29)24-9-17(26)18(27)28)11-25-20(30)31-10-16-14-7-3-1-5-12(14)13-6-2-4-8-15(13)16/h1-8,16-17,26H,9-11H2,(H,24,29)(H,25,30)(H,27,28). The van der Waals surface area contributed by atoms with Gasteiger partial charge < -0.3 is 25.6 Å². The first-order valence-corrected chi connectivity index (χ1v) is 9.36. The Bertz CT molecular complexity index is 952. The number of ether oxygens (including phenoxy) is 1. The number of aliphatic hydroxyl groups is 1. The van der Waals surface area contributed by atoms with Crippen LogP contribution in [0.4, 0.5) is 13.6 Å². The molecule has 0 saturated heterocycles. The summed E-state index contributed by atoms with van der Waals surface area (Å²) < 4.78 is 32.8. The Balaban J connectivity index is 1.54. The van der Waals surface area contributed by atoms with E-state index in [1.54, 1.807) is 5.32 Å². The molecule has 2 amide bonds. The number of benzene rings is 2. The molecule has 0 radical (unpaired) electrons. The highest BCUT2D eigenvalue weighted by Crippen LogP contribution is 2.44. The number of rotatable bonds is 8. The van der Waals surface area contributed by atoms with Gasteiger partial charge in [0.2, 0.25) is 0 Å². The normalized spacial score (nSPS) is 13.6. The van der Waals surface area contributed by atoms with Crippen LogP contribution in [-0.2, 0) is 14.3 Å². The number of hydrogen-bond donors (Lipinski definition) is 4. The molecular formula is C21H20F2N2O6. The lowest BCUT2D eigenvalue weighted by molar-refractivity contribution is -0.149. The lowest BCUT2D eigenvalue weighted by Crippen LogP contribution is -2.50. The van der Waals surface area contributed by atoms with Crippen molar-refractivity contribution in [3.8, 4) is 11.1 Å². The summed E-state index contributed by atoms with van der Waals surface area (Å²) in [6.45, 7) is -2.32. The highest BCUT2D eigenvalue weighted by Gasteiger charge is 2.39. The minimum absolute atomic E-state index is 0.0809. The minimum Gasteiger partial charge on any atom is -0.479 e. The maximum Gasteiger partial charge on any atom is 0.407 e. The molecular weight excluding hydrogens is 414 g/mol. The molecule has 0 saturated carbocycles. The number of carboxylic acids is 1. The Kier molecular flexibility index (Phi) is 6.50. The molecule has 1 aliphatic rings. The molecule has 8 nitrogen and oxygen atoms in total. The van der Waals surface area contributed by atoms with Crippen LogP contribution in [0.2, 0.25) is 0 Å². The highest BCUT2D eigenvalue weighted by atomic mass is 19.3. The number of halogens is 2. The van der Waals surface area contributed by atoms with Gasteiger partial charge in [-0.25, -0.2) is 9.59 Å². The van der Waals surface area contributed by atoms with E-state index in [2.05, 4.69) is 0 Å². The lowest BCUT2D eigenvalue weighted by atomic mass is 9.98. The second kappa shape index (κ2) is 9.09. The summed E-state index contributed by atoms with van der Waals surface area (Å²) >= 11 is 0. The van der Waals surface area contributed by atoms with Gasteiger partial charge in [0.25, 0.3) is 5.91 Å². The fraction of sp³-hybridized carbons (Fsp3) is 0.286. The van der Waals surface area contributed by atoms with Crippen molar-refractivity contribution < 1.29 is 38.1 Å². The second-order valence-corrected chi connectivity index (χ2v) is 6.95. The van der Waals surface area contributed by atoms with E-state index in [0.29, 0.717) is 0 Å². The number of alkyl halides is 2. The zero-order valence-electron chi connectivity index (χ0n) is 16.2. The average Bonchev–Trinajstić information content (AvgIpc) is 3.08. The van der Waals surface area contributed by atoms with Crippen molar-refractivity contribution in [1.82, 2.24) is 10.6 Å². The van der Waals surface area contributed by atoms with Crippen LogP contribution < -0.4 is 10.6 Å². The predicted molar refractivity (Wildman–Crippen MR) is 105 cm³/mol. The third-order valence-electron chi connectivity index (χ3n) is 4.87. The zero-order valence-corrected chi connectivity index (χ0v) is 16.2. The van der Waals surface area contributed by atoms with E-state index in [4.69, 9.17) is 14.9 Å². The van der Waals surface area contributed by atoms with Gasteiger partial charge in [0, 0.05) is 5.92 Å². The Morgan fingerprint density at radius 3 is 2.10 bits per heavy atom. The third kappa shape index (κ3) is 4.97. The Hall–Kier alpha value is -3.53. The molecule has 0 fully saturated rings. The first-order valence-electron chi connectivity index (χ1n) is 9.36. The highest BCUT2D eigenvalue weighted by molar-refractivity contribution is 5.85. The molecule has 0 aromatic heterocycles. The van der Waals surface area contributed by atoms with Crippen LogP contribution in [0.5, 0.6) is 0 Å². The lowest BCUT2D eigenvalue weighted by Gasteiger charge is -2.18. The molecule has 2 aromatic rings. The summed E-state index contributed by atoms with van der Waals surface area (Å²) in [6, 6.07) is 15.2. The van der Waals surface area contributed by atoms with E-state index in [1.165, 1.54) is 0 Å². The van der Waals surface area contributed by atoms with Gasteiger partial charge >= 0.3 is 18.0 Å². The molecule has 31 heavy (non-hydrogen) atoms. The molecule has 3 rings (SSSR count). The molecule has 0 aliphatic heterocycles. The first kappa shape index (κ1) is 22.2. The van der Waals surface area contributed by atoms with Gasteiger partial charge in [-0.3, -0.25) is 4.79 Å². The quantitative estimate of drug-likeness (QED) is 0.502. The van der Waals surface area contributed by atoms with Gasteiger partial charge in [0.05, 0.1) is 13.1 Å². The van der Waals surface area contributed by atoms with Crippen molar-refractivity contribution in [2.75, 3.05) is 19.7 Å². The maximum absolute atomic E-state index is 13.9. The van der Waals surface area contributed by atoms with E-state index in [0.717, 1.165) is 22.3 Å². The molecule has 1 atom stereocenters. The number of amides is 2. The van der Waals surface area contributed by atoms with Crippen molar-refractivity contribution in [1.29, 1.82) is 0 Å². The number of nitrogens with one attached hydrogen (secondary N) is 2. The maximum atomic E-state index is 13.9. The fourth-order valence-electron chi connectivity index (χ4n) is 3.32. The van der Waals surface area contributed by atoms with Crippen LogP contribution in [0.25, 0.3) is 11.1 Å². The van der Waals surface area contributed by atoms with Crippen LogP contribution in [0.15, 0.2) is 48.5 Å². The van der Waals surface area contributed by atoms with Crippen LogP contribution in [0.1, 0.15) is 17.0 Å². The molecule has 0 heterocycles. The Morgan fingerprint density at radius 2 is 1.55 bits per heavy atom. The summed E-state index contributed by atoms with van der Waals surface area (Å²) in [5.74, 6) is -7.77. The monoisotopic (exact) mass is 434 g/mol. The molecule has 164 valence electrons. The van der Waals surface area contributed by atoms with Crippen LogP contribution in [-0.4, -0.2) is 59.9 Å². The second-order valence-electron chi connectivity index (χ2n) is 6.95. The van der Waals surface area contributed by atoms with Crippen molar-refractivity contribution >= 4 is 18.0 Å². The van der Waals surface area contributed by atoms with Crippen molar-refractivity contribution in [2.45, 2.75) is 17.9 Å². The summed E-state index contributed by atoms with van der Waals surface area (Å²) in [6.07, 6.45) is -3.14. The summed E-state index contributed by atoms with van der Waals surface area (Å²) in [7, 11) is 0. The van der Waals surface area contributed by atoms with E-state index >= 15 is 0 Å². The number of carbonyl (C=O) groups excluding carboxylic acids is 2. The molecule has 10 heteroatoms. The predicted octanol–water partition coefficient (Wildman–Crippen LogP) is 1.72. The van der Waals surface area contributed by atoms with Crippen LogP contribution >= 0.6 is 0 Å². The number of aliphatic hydroxyl groups excluding tert-OH is 1. The number of aliphatic carboxylic acids is 1. The number of carboxylic acid groups (broad SMARTS) is 1. The SMILES string of the molecule is O=C(NCC(F)(F)C(=O)NCC(O)C(=O)O)OCC1c2ccccc2-c2ccccc21. The van der Waals surface area contributed by atoms with Gasteiger partial charge in [0.1, 0.15) is 6.61 Å². The van der Waals surface area contributed by atoms with Crippen molar-refractivity contribution in [3.63, 3.8) is 0 Å². The third-order valence-corrected chi connectivity index (χ3v) is 4.87. The van der Waals surface area contributed by atoms with Gasteiger partial charge in [-0.1, -0.05) is 48.5 Å². The number of hydrogen-bond acceptors (Lipinski definition) is 5. The van der Waals surface area contributed by atoms with Gasteiger partial charge in [-0.2, -0.15) is 8.78 Å². The summed E-state index contributed by atoms with van der Waals surface area (Å²) in [4.78, 5) is 33.9. The molecule has 1 unspecified atom stereocenters. The topological polar surface area (TPSA) is 125 Å². The molecule has 2 aromatic carbocycles. The Morgan fingerprint density at radius 1 is 1.00 bits per heavy atom. The van der Waals surface area contributed by atoms with Gasteiger partial charge in [0.15, 0.2) is 6.10 Å². The number of alkyl carbamates (subject to hydrolysis) is 1. The molecule has 0 bridgehead atoms. The van der Waals surface area contributed by atoms with Crippen molar-refractivity contribution in [2.24, 2.45) is 0 Å². The van der Waals surface area contributed by atoms with Crippen LogP contribution in [0, 0.1) is 0 Å². The summed E-state index contributed by atoms with van der Waals surface area (Å²) in [5.41, 5.74) is 3.94. The fourth-order valence-corrected chi connectivity index (χ4v) is 3.32. The van der Waals surface area contributed by atoms with Crippen molar-refractivity contribution in [3.05, 3.63) is 59.7 Å². The van der Waals surface area contributed by atoms with Crippen LogP contribution in [0.3, 0.4) is 0 Å². The van der Waals surface area contributed by atoms with Gasteiger partial charge in [-0.15, -0.1) is 0 Å². The summed E-state index contributed by atoms with van der Waals surface area (Å²) in [5, 5.41) is 21.0. The largest absolute Gasteiger partial charge is 0.479 e. The number of fused-ring (bicyclic) bond motifs is 3. The van der Waals surface area contributed by atoms with Gasteiger partial charge in [-0.05, 0) is 22.3 Å². The molecule has 4 N–H and O–H groups in total. The smallest absolute Gasteiger partial charge is 0.407 e. The number of carbonyl (C=O) groups is 3. The van der Waals surface area contributed by atoms with E-state index in [9.17, 15) is 23.2 Å². The van der Waals surface area contributed by atoms with E-state index in [-0.39, 0.29) is 12.5 Å². The average molecular weight is 434 g/mol. The minimum atomic E-state index is -4.02. The molecule has 0 spiro atoms. The Labute approximate surface area is 175 Å². The van der Waals surface area contributed by atoms with E-state index in [1.807, 2.05) is 53.8 Å².